The second-order valence-electron chi connectivity index (χ2n) is 6.65. The molecule has 1 aromatic rings. The van der Waals surface area contributed by atoms with E-state index >= 15 is 0 Å². The highest BCUT2D eigenvalue weighted by Gasteiger charge is 2.39. The summed E-state index contributed by atoms with van der Waals surface area (Å²) < 4.78 is 50.3. The summed E-state index contributed by atoms with van der Waals surface area (Å²) in [6.45, 7) is -0.0353. The lowest BCUT2D eigenvalue weighted by molar-refractivity contribution is -0.136. The molecule has 1 saturated carbocycles. The molecule has 3 amide bonds. The van der Waals surface area contributed by atoms with Crippen molar-refractivity contribution in [2.24, 2.45) is 5.92 Å². The molecule has 2 aliphatic rings. The van der Waals surface area contributed by atoms with Gasteiger partial charge in [-0.25, -0.2) is 17.2 Å². The summed E-state index contributed by atoms with van der Waals surface area (Å²) in [5.41, 5.74) is 0.150. The monoisotopic (exact) mass is 401 g/mol. The first-order valence-corrected chi connectivity index (χ1v) is 9.85. The fourth-order valence-electron chi connectivity index (χ4n) is 3.12. The third-order valence-corrected chi connectivity index (χ3v) is 6.08. The Bertz CT molecular complexity index is 917. The van der Waals surface area contributed by atoms with Gasteiger partial charge in [-0.1, -0.05) is 0 Å². The van der Waals surface area contributed by atoms with Crippen molar-refractivity contribution >= 4 is 38.9 Å². The molecule has 3 N–H and O–H groups in total. The minimum atomic E-state index is -3.84. The van der Waals surface area contributed by atoms with Gasteiger partial charge in [-0.3, -0.25) is 14.4 Å². The van der Waals surface area contributed by atoms with Crippen molar-refractivity contribution in [2.45, 2.75) is 30.1 Å². The summed E-state index contributed by atoms with van der Waals surface area (Å²) in [7, 11) is -3.84. The molecule has 0 spiro atoms. The molecule has 1 atom stereocenters. The van der Waals surface area contributed by atoms with E-state index < -0.39 is 45.2 Å². The zero-order valence-corrected chi connectivity index (χ0v) is 14.9. The highest BCUT2D eigenvalue weighted by molar-refractivity contribution is 7.92. The van der Waals surface area contributed by atoms with Crippen molar-refractivity contribution in [2.75, 3.05) is 22.9 Å². The van der Waals surface area contributed by atoms with E-state index in [4.69, 9.17) is 0 Å². The number of carbonyl (C=O) groups excluding carboxylic acids is 3. The molecule has 1 aliphatic heterocycles. The molecule has 1 unspecified atom stereocenters. The van der Waals surface area contributed by atoms with E-state index in [2.05, 4.69) is 16.0 Å². The van der Waals surface area contributed by atoms with E-state index in [1.165, 1.54) is 12.1 Å². The van der Waals surface area contributed by atoms with Gasteiger partial charge in [0.25, 0.3) is 0 Å². The molecular weight excluding hydrogens is 384 g/mol. The number of hydrogen-bond donors (Lipinski definition) is 3. The topological polar surface area (TPSA) is 121 Å². The number of anilines is 2. The Hall–Kier alpha value is -2.56. The molecule has 11 heteroatoms. The maximum Gasteiger partial charge on any atom is 0.313 e. The summed E-state index contributed by atoms with van der Waals surface area (Å²) in [6.07, 6.45) is -0.299. The molecular formula is C16H17F2N3O5S. The summed E-state index contributed by atoms with van der Waals surface area (Å²) in [5.74, 6) is -6.53. The first-order valence-electron chi connectivity index (χ1n) is 8.19. The maximum atomic E-state index is 13.1. The Balaban J connectivity index is 1.61. The first kappa shape index (κ1) is 19.2. The number of carbonyl (C=O) groups is 3. The van der Waals surface area contributed by atoms with Gasteiger partial charge in [-0.15, -0.1) is 0 Å². The molecule has 0 saturated heterocycles. The summed E-state index contributed by atoms with van der Waals surface area (Å²) >= 11 is 0. The van der Waals surface area contributed by atoms with Gasteiger partial charge in [-0.2, -0.15) is 0 Å². The van der Waals surface area contributed by atoms with Crippen molar-refractivity contribution in [3.8, 4) is 0 Å². The van der Waals surface area contributed by atoms with Crippen LogP contribution >= 0.6 is 0 Å². The maximum absolute atomic E-state index is 13.1. The van der Waals surface area contributed by atoms with Crippen LogP contribution in [0.25, 0.3) is 0 Å². The van der Waals surface area contributed by atoms with Crippen molar-refractivity contribution in [3.63, 3.8) is 0 Å². The Morgan fingerprint density at radius 1 is 1.26 bits per heavy atom. The average molecular weight is 401 g/mol. The molecule has 1 heterocycles. The van der Waals surface area contributed by atoms with Gasteiger partial charge in [0.05, 0.1) is 10.6 Å². The molecule has 1 fully saturated rings. The van der Waals surface area contributed by atoms with Gasteiger partial charge in [0.2, 0.25) is 11.8 Å². The fourth-order valence-corrected chi connectivity index (χ4v) is 4.45. The van der Waals surface area contributed by atoms with Gasteiger partial charge in [-0.05, 0) is 30.5 Å². The average Bonchev–Trinajstić information content (AvgIpc) is 2.91. The van der Waals surface area contributed by atoms with Crippen LogP contribution in [0.4, 0.5) is 20.2 Å². The van der Waals surface area contributed by atoms with E-state index in [9.17, 15) is 31.6 Å². The second-order valence-corrected chi connectivity index (χ2v) is 8.61. The SMILES string of the molecule is O=C1CS(=O)(=O)c2cc(NC(=O)C(=O)NCC3CCC(F)(F)C3)ccc2N1. The lowest BCUT2D eigenvalue weighted by Crippen LogP contribution is -2.38. The third kappa shape index (κ3) is 4.41. The molecule has 1 aromatic carbocycles. The molecule has 0 bridgehead atoms. The zero-order valence-electron chi connectivity index (χ0n) is 14.1. The quantitative estimate of drug-likeness (QED) is 0.650. The number of hydrogen-bond acceptors (Lipinski definition) is 5. The highest BCUT2D eigenvalue weighted by Crippen LogP contribution is 2.38. The largest absolute Gasteiger partial charge is 0.348 e. The van der Waals surface area contributed by atoms with Crippen LogP contribution in [0, 0.1) is 5.92 Å². The third-order valence-electron chi connectivity index (χ3n) is 4.43. The number of sulfone groups is 1. The van der Waals surface area contributed by atoms with E-state index in [1.807, 2.05) is 0 Å². The summed E-state index contributed by atoms with van der Waals surface area (Å²) in [4.78, 5) is 35.0. The van der Waals surface area contributed by atoms with Crippen molar-refractivity contribution in [1.82, 2.24) is 5.32 Å². The van der Waals surface area contributed by atoms with E-state index in [1.54, 1.807) is 0 Å². The molecule has 27 heavy (non-hydrogen) atoms. The number of amides is 3. The lowest BCUT2D eigenvalue weighted by atomic mass is 10.1. The minimum absolute atomic E-state index is 0.0353. The Labute approximate surface area is 153 Å². The number of nitrogens with one attached hydrogen (secondary N) is 3. The predicted molar refractivity (Wildman–Crippen MR) is 91.1 cm³/mol. The summed E-state index contributed by atoms with van der Waals surface area (Å²) in [6, 6.07) is 3.79. The van der Waals surface area contributed by atoms with Gasteiger partial charge in [0.1, 0.15) is 5.75 Å². The van der Waals surface area contributed by atoms with Crippen molar-refractivity contribution < 1.29 is 31.6 Å². The fraction of sp³-hybridized carbons (Fsp3) is 0.438. The number of fused-ring (bicyclic) bond motifs is 1. The van der Waals surface area contributed by atoms with Crippen LogP contribution in [0.15, 0.2) is 23.1 Å². The molecule has 3 rings (SSSR count). The molecule has 0 aromatic heterocycles. The number of halogens is 2. The molecule has 1 aliphatic carbocycles. The Morgan fingerprint density at radius 2 is 2.00 bits per heavy atom. The van der Waals surface area contributed by atoms with Crippen LogP contribution in [0.3, 0.4) is 0 Å². The van der Waals surface area contributed by atoms with E-state index in [-0.39, 0.29) is 42.1 Å². The molecule has 8 nitrogen and oxygen atoms in total. The Kier molecular flexibility index (Phi) is 4.89. The predicted octanol–water partition coefficient (Wildman–Crippen LogP) is 0.902. The normalized spacial score (nSPS) is 22.4. The molecule has 146 valence electrons. The van der Waals surface area contributed by atoms with Gasteiger partial charge < -0.3 is 16.0 Å². The number of rotatable bonds is 3. The number of alkyl halides is 2. The summed E-state index contributed by atoms with van der Waals surface area (Å²) in [5, 5.41) is 6.97. The van der Waals surface area contributed by atoms with Crippen LogP contribution in [0.2, 0.25) is 0 Å². The highest BCUT2D eigenvalue weighted by atomic mass is 32.2. The number of benzene rings is 1. The van der Waals surface area contributed by atoms with Crippen LogP contribution in [-0.4, -0.2) is 44.4 Å². The zero-order chi connectivity index (χ0) is 19.8. The van der Waals surface area contributed by atoms with Gasteiger partial charge >= 0.3 is 11.8 Å². The first-order chi connectivity index (χ1) is 12.6. The van der Waals surface area contributed by atoms with Crippen LogP contribution in [0.5, 0.6) is 0 Å². The minimum Gasteiger partial charge on any atom is -0.348 e. The Morgan fingerprint density at radius 3 is 2.67 bits per heavy atom. The van der Waals surface area contributed by atoms with Gasteiger partial charge in [0, 0.05) is 25.1 Å². The van der Waals surface area contributed by atoms with Crippen molar-refractivity contribution in [3.05, 3.63) is 18.2 Å². The van der Waals surface area contributed by atoms with Crippen LogP contribution in [0.1, 0.15) is 19.3 Å². The second kappa shape index (κ2) is 6.87. The van der Waals surface area contributed by atoms with Crippen molar-refractivity contribution in [1.29, 1.82) is 0 Å². The van der Waals surface area contributed by atoms with Gasteiger partial charge in [0.15, 0.2) is 9.84 Å². The lowest BCUT2D eigenvalue weighted by Gasteiger charge is -2.18. The van der Waals surface area contributed by atoms with Crippen LogP contribution in [-0.2, 0) is 24.2 Å². The van der Waals surface area contributed by atoms with Crippen LogP contribution < -0.4 is 16.0 Å². The van der Waals surface area contributed by atoms with E-state index in [0.717, 1.165) is 6.07 Å². The van der Waals surface area contributed by atoms with E-state index in [0.29, 0.717) is 0 Å². The smallest absolute Gasteiger partial charge is 0.313 e. The standard InChI is InChI=1S/C16H17F2N3O5S/c17-16(18)4-3-9(6-16)7-19-14(23)15(24)20-10-1-2-11-12(5-10)27(25,26)8-13(22)21-11/h1-2,5,9H,3-4,6-8H2,(H,19,23)(H,20,24)(H,21,22). The molecule has 0 radical (unpaired) electrons.